The Hall–Kier alpha value is -1.03. The molecule has 1 aliphatic rings. The number of aliphatic imine (C=N–C) groups is 1. The van der Waals surface area contributed by atoms with Gasteiger partial charge in [0.1, 0.15) is 0 Å². The molecule has 0 aromatic carbocycles. The van der Waals surface area contributed by atoms with E-state index in [4.69, 9.17) is 0 Å². The summed E-state index contributed by atoms with van der Waals surface area (Å²) in [6.07, 6.45) is 4.53. The first-order valence-electron chi connectivity index (χ1n) is 6.54. The van der Waals surface area contributed by atoms with Gasteiger partial charge in [-0.15, -0.1) is 6.58 Å². The fraction of sp³-hybridized carbons (Fsp3) is 0.769. The van der Waals surface area contributed by atoms with Crippen LogP contribution in [-0.2, 0) is 0 Å². The molecule has 98 valence electrons. The van der Waals surface area contributed by atoms with Gasteiger partial charge in [0.05, 0.1) is 6.54 Å². The minimum absolute atomic E-state index is 0.502. The second-order valence-electron chi connectivity index (χ2n) is 4.63. The molecule has 4 nitrogen and oxygen atoms in total. The van der Waals surface area contributed by atoms with E-state index in [-0.39, 0.29) is 0 Å². The molecule has 4 heteroatoms. The zero-order valence-corrected chi connectivity index (χ0v) is 11.4. The molecule has 1 rings (SSSR count). The Kier molecular flexibility index (Phi) is 6.05. The van der Waals surface area contributed by atoms with Crippen molar-refractivity contribution in [1.82, 2.24) is 15.5 Å². The van der Waals surface area contributed by atoms with Crippen LogP contribution in [0.25, 0.3) is 0 Å². The molecule has 0 aromatic heterocycles. The van der Waals surface area contributed by atoms with E-state index in [9.17, 15) is 0 Å². The number of likely N-dealkylation sites (N-methyl/N-ethyl adjacent to an activating group) is 1. The second-order valence-corrected chi connectivity index (χ2v) is 4.63. The maximum absolute atomic E-state index is 4.59. The lowest BCUT2D eigenvalue weighted by Crippen LogP contribution is -2.39. The molecule has 1 unspecified atom stereocenters. The first-order chi connectivity index (χ1) is 8.19. The van der Waals surface area contributed by atoms with Crippen LogP contribution in [0.15, 0.2) is 17.6 Å². The topological polar surface area (TPSA) is 39.7 Å². The number of hydrogen-bond acceptors (Lipinski definition) is 2. The van der Waals surface area contributed by atoms with Gasteiger partial charge in [-0.05, 0) is 33.7 Å². The summed E-state index contributed by atoms with van der Waals surface area (Å²) in [4.78, 5) is 7.02. The van der Waals surface area contributed by atoms with Crippen molar-refractivity contribution < 1.29 is 0 Å². The van der Waals surface area contributed by atoms with Crippen molar-refractivity contribution in [3.05, 3.63) is 12.7 Å². The molecule has 0 radical (unpaired) electrons. The van der Waals surface area contributed by atoms with Crippen LogP contribution in [0.5, 0.6) is 0 Å². The Morgan fingerprint density at radius 2 is 2.24 bits per heavy atom. The first kappa shape index (κ1) is 14.0. The van der Waals surface area contributed by atoms with Crippen molar-refractivity contribution in [1.29, 1.82) is 0 Å². The molecule has 0 aliphatic heterocycles. The molecule has 1 fully saturated rings. The Balaban J connectivity index is 2.36. The van der Waals surface area contributed by atoms with Gasteiger partial charge >= 0.3 is 0 Å². The van der Waals surface area contributed by atoms with Gasteiger partial charge in [0.15, 0.2) is 5.96 Å². The summed E-state index contributed by atoms with van der Waals surface area (Å²) in [5, 5.41) is 6.44. The van der Waals surface area contributed by atoms with Crippen molar-refractivity contribution >= 4 is 5.96 Å². The highest BCUT2D eigenvalue weighted by molar-refractivity contribution is 5.79. The average molecular weight is 238 g/mol. The molecule has 1 aliphatic carbocycles. The van der Waals surface area contributed by atoms with Crippen LogP contribution in [0.1, 0.15) is 26.7 Å². The molecule has 0 bridgehead atoms. The summed E-state index contributed by atoms with van der Waals surface area (Å²) < 4.78 is 0. The summed E-state index contributed by atoms with van der Waals surface area (Å²) in [6, 6.07) is 1.30. The van der Waals surface area contributed by atoms with Gasteiger partial charge in [-0.2, -0.15) is 0 Å². The van der Waals surface area contributed by atoms with E-state index in [0.717, 1.165) is 31.6 Å². The molecular formula is C13H26N4. The lowest BCUT2D eigenvalue weighted by atomic mass is 10.3. The van der Waals surface area contributed by atoms with Crippen molar-refractivity contribution in [2.75, 3.05) is 26.7 Å². The van der Waals surface area contributed by atoms with Gasteiger partial charge in [-0.1, -0.05) is 6.08 Å². The van der Waals surface area contributed by atoms with Gasteiger partial charge in [-0.25, -0.2) is 0 Å². The molecule has 2 N–H and O–H groups in total. The minimum atomic E-state index is 0.502. The number of guanidine groups is 1. The summed E-state index contributed by atoms with van der Waals surface area (Å²) in [7, 11) is 2.20. The highest BCUT2D eigenvalue weighted by atomic mass is 15.2. The second kappa shape index (κ2) is 7.33. The number of hydrogen-bond donors (Lipinski definition) is 2. The Labute approximate surface area is 105 Å². The van der Waals surface area contributed by atoms with Crippen molar-refractivity contribution in [2.45, 2.75) is 38.8 Å². The fourth-order valence-corrected chi connectivity index (χ4v) is 1.70. The molecule has 1 atom stereocenters. The van der Waals surface area contributed by atoms with Crippen LogP contribution < -0.4 is 10.6 Å². The summed E-state index contributed by atoms with van der Waals surface area (Å²) in [5.41, 5.74) is 0. The van der Waals surface area contributed by atoms with Gasteiger partial charge in [-0.3, -0.25) is 9.89 Å². The van der Waals surface area contributed by atoms with Gasteiger partial charge in [0.25, 0.3) is 0 Å². The first-order valence-corrected chi connectivity index (χ1v) is 6.54. The Bertz CT molecular complexity index is 258. The van der Waals surface area contributed by atoms with Crippen LogP contribution in [0.2, 0.25) is 0 Å². The van der Waals surface area contributed by atoms with E-state index in [2.05, 4.69) is 48.0 Å². The molecule has 17 heavy (non-hydrogen) atoms. The number of nitrogens with zero attached hydrogens (tertiary/aromatic N) is 2. The van der Waals surface area contributed by atoms with E-state index >= 15 is 0 Å². The molecule has 0 spiro atoms. The summed E-state index contributed by atoms with van der Waals surface area (Å²) >= 11 is 0. The van der Waals surface area contributed by atoms with E-state index in [1.54, 1.807) is 0 Å². The Morgan fingerprint density at radius 1 is 1.53 bits per heavy atom. The molecule has 1 saturated carbocycles. The number of nitrogens with one attached hydrogen (secondary N) is 2. The van der Waals surface area contributed by atoms with E-state index < -0.39 is 0 Å². The number of rotatable bonds is 7. The third-order valence-corrected chi connectivity index (χ3v) is 3.09. The third-order valence-electron chi connectivity index (χ3n) is 3.09. The molecule has 0 saturated heterocycles. The van der Waals surface area contributed by atoms with E-state index in [1.165, 1.54) is 12.8 Å². The largest absolute Gasteiger partial charge is 0.357 e. The molecule has 0 amide bonds. The van der Waals surface area contributed by atoms with Crippen LogP contribution >= 0.6 is 0 Å². The lowest BCUT2D eigenvalue weighted by molar-refractivity contribution is 0.253. The maximum Gasteiger partial charge on any atom is 0.191 e. The standard InChI is InChI=1S/C13H26N4/c1-5-9-15-13(14-6-2)16-10-11(3)17(4)12-7-8-12/h5,11-12H,1,6-10H2,2-4H3,(H2,14,15,16). The van der Waals surface area contributed by atoms with Crippen molar-refractivity contribution in [3.63, 3.8) is 0 Å². The van der Waals surface area contributed by atoms with Crippen molar-refractivity contribution in [2.24, 2.45) is 4.99 Å². The summed E-state index contributed by atoms with van der Waals surface area (Å²) in [6.45, 7) is 10.5. The van der Waals surface area contributed by atoms with Gasteiger partial charge in [0.2, 0.25) is 0 Å². The lowest BCUT2D eigenvalue weighted by Gasteiger charge is -2.23. The highest BCUT2D eigenvalue weighted by Crippen LogP contribution is 2.26. The monoisotopic (exact) mass is 238 g/mol. The molecular weight excluding hydrogens is 212 g/mol. The average Bonchev–Trinajstić information content (AvgIpc) is 3.15. The smallest absolute Gasteiger partial charge is 0.191 e. The normalized spacial score (nSPS) is 18.0. The molecule has 0 aromatic rings. The van der Waals surface area contributed by atoms with E-state index in [1.807, 2.05) is 6.08 Å². The Morgan fingerprint density at radius 3 is 2.76 bits per heavy atom. The quantitative estimate of drug-likeness (QED) is 0.398. The summed E-state index contributed by atoms with van der Waals surface area (Å²) in [5.74, 6) is 0.878. The zero-order valence-electron chi connectivity index (χ0n) is 11.4. The van der Waals surface area contributed by atoms with Gasteiger partial charge in [0, 0.05) is 25.2 Å². The fourth-order valence-electron chi connectivity index (χ4n) is 1.70. The van der Waals surface area contributed by atoms with Crippen molar-refractivity contribution in [3.8, 4) is 0 Å². The predicted molar refractivity (Wildman–Crippen MR) is 74.4 cm³/mol. The van der Waals surface area contributed by atoms with Gasteiger partial charge < -0.3 is 10.6 Å². The maximum atomic E-state index is 4.59. The predicted octanol–water partition coefficient (Wildman–Crippen LogP) is 1.21. The molecule has 0 heterocycles. The van der Waals surface area contributed by atoms with Crippen LogP contribution in [0.3, 0.4) is 0 Å². The van der Waals surface area contributed by atoms with Crippen LogP contribution in [0.4, 0.5) is 0 Å². The third kappa shape index (κ3) is 5.22. The van der Waals surface area contributed by atoms with E-state index in [0.29, 0.717) is 6.04 Å². The minimum Gasteiger partial charge on any atom is -0.357 e. The van der Waals surface area contributed by atoms with Crippen LogP contribution in [0, 0.1) is 0 Å². The van der Waals surface area contributed by atoms with Crippen LogP contribution in [-0.4, -0.2) is 49.6 Å². The SMILES string of the molecule is C=CCNC(=NCC(C)N(C)C1CC1)NCC. The highest BCUT2D eigenvalue weighted by Gasteiger charge is 2.28. The zero-order chi connectivity index (χ0) is 12.7.